The van der Waals surface area contributed by atoms with E-state index in [-0.39, 0.29) is 53.1 Å². The van der Waals surface area contributed by atoms with Crippen LogP contribution in [0.3, 0.4) is 0 Å². The number of aliphatic hydroxyl groups is 3. The van der Waals surface area contributed by atoms with Gasteiger partial charge in [0.25, 0.3) is 5.91 Å². The highest BCUT2D eigenvalue weighted by Crippen LogP contribution is 2.52. The predicted molar refractivity (Wildman–Crippen MR) is 132 cm³/mol. The first-order chi connectivity index (χ1) is 15.3. The van der Waals surface area contributed by atoms with Crippen molar-refractivity contribution in [2.24, 2.45) is 17.6 Å². The Morgan fingerprint density at radius 1 is 1.08 bits per heavy atom. The number of halogens is 1. The number of carbonyl (C=O) groups is 3. The predicted octanol–water partition coefficient (Wildman–Crippen LogP) is -1.04. The van der Waals surface area contributed by atoms with Gasteiger partial charge < -0.3 is 42.0 Å². The van der Waals surface area contributed by atoms with Crippen LogP contribution >= 0.6 is 12.4 Å². The molecule has 0 heterocycles. The van der Waals surface area contributed by atoms with E-state index < -0.39 is 58.0 Å². The third-order valence-corrected chi connectivity index (χ3v) is 7.06. The number of phenolic OH excluding ortho intramolecular Hbond substituents is 1. The second-order valence-electron chi connectivity index (χ2n) is 9.31. The number of nitrogens with zero attached hydrogens (tertiary/aromatic N) is 2. The lowest BCUT2D eigenvalue weighted by Crippen LogP contribution is -2.63. The maximum Gasteiger partial charge on any atom is 0.255 e. The minimum absolute atomic E-state index is 0. The Balaban J connectivity index is 0.00000216. The van der Waals surface area contributed by atoms with E-state index in [0.717, 1.165) is 5.69 Å². The fraction of sp³-hybridized carbons (Fsp3) is 0.435. The molecule has 0 aromatic heterocycles. The van der Waals surface area contributed by atoms with E-state index in [2.05, 4.69) is 0 Å². The third-order valence-electron chi connectivity index (χ3n) is 7.06. The summed E-state index contributed by atoms with van der Waals surface area (Å²) in [6.45, 7) is 0. The van der Waals surface area contributed by atoms with E-state index in [0.29, 0.717) is 5.56 Å². The van der Waals surface area contributed by atoms with E-state index in [1.165, 1.54) is 11.0 Å². The van der Waals surface area contributed by atoms with E-state index in [9.17, 15) is 34.8 Å². The second-order valence-corrected chi connectivity index (χ2v) is 9.31. The molecular weight excluding hydrogens is 498 g/mol. The van der Waals surface area contributed by atoms with Crippen LogP contribution < -0.4 is 10.6 Å². The Morgan fingerprint density at radius 3 is 2.17 bits per heavy atom. The average Bonchev–Trinajstić information content (AvgIpc) is 2.70. The summed E-state index contributed by atoms with van der Waals surface area (Å²) >= 11 is 0. The summed E-state index contributed by atoms with van der Waals surface area (Å²) in [6, 6.07) is 2.06. The molecule has 36 heavy (non-hydrogen) atoms. The molecule has 10 N–H and O–H groups in total. The Kier molecular flexibility index (Phi) is 8.63. The Morgan fingerprint density at radius 2 is 1.67 bits per heavy atom. The van der Waals surface area contributed by atoms with Crippen LogP contribution in [0.5, 0.6) is 5.75 Å². The molecular formula is C23H32ClN3O9. The lowest BCUT2D eigenvalue weighted by Gasteiger charge is -2.50. The number of hydrogen-bond donors (Lipinski definition) is 5. The van der Waals surface area contributed by atoms with E-state index >= 15 is 0 Å². The molecule has 0 aliphatic heterocycles. The highest BCUT2D eigenvalue weighted by Gasteiger charge is 2.63. The van der Waals surface area contributed by atoms with Gasteiger partial charge in [-0.25, -0.2) is 0 Å². The van der Waals surface area contributed by atoms with Crippen LogP contribution in [0, 0.1) is 11.8 Å². The highest BCUT2D eigenvalue weighted by atomic mass is 35.5. The van der Waals surface area contributed by atoms with Crippen LogP contribution in [-0.2, 0) is 16.0 Å². The molecule has 1 amide bonds. The molecule has 0 unspecified atom stereocenters. The number of aliphatic hydroxyl groups excluding tert-OH is 2. The van der Waals surface area contributed by atoms with Crippen molar-refractivity contribution in [1.82, 2.24) is 4.90 Å². The molecule has 3 aliphatic rings. The lowest BCUT2D eigenvalue weighted by molar-refractivity contribution is -0.148. The normalized spacial score (nSPS) is 26.7. The van der Waals surface area contributed by atoms with Gasteiger partial charge >= 0.3 is 0 Å². The minimum atomic E-state index is -2.63. The standard InChI is InChI=1S/C23H27N3O7.ClH.2H2O/c1-25(2)12-5-6-13(27)15-10(12)7-9-8-11-17(26(3)4)19(29)16(22(24)32)21(31)23(11,33)20(30)14(9)18(15)28;;;/h5-6,9,11,17,27,29-30,33H,7-8H2,1-4H3,(H2,24,32);1H;2*1H2/t9-,11-,17-,23-;;;/m0.../s1. The van der Waals surface area contributed by atoms with Gasteiger partial charge in [0.15, 0.2) is 11.4 Å². The number of primary amides is 1. The van der Waals surface area contributed by atoms with Gasteiger partial charge in [0.2, 0.25) is 5.78 Å². The maximum absolute atomic E-state index is 13.5. The SMILES string of the molecule is CN(C)c1ccc(O)c2c1C[C@H]1C[C@H]3[C@H](N(C)C)C(O)=C(C(N)=O)C(=O)[C@@]3(O)C(O)=C1C2=O.Cl.O.O. The number of carbonyl (C=O) groups excluding carboxylic acids is 3. The first-order valence-electron chi connectivity index (χ1n) is 10.5. The van der Waals surface area contributed by atoms with E-state index in [4.69, 9.17) is 5.73 Å². The molecule has 0 saturated heterocycles. The number of phenols is 1. The fourth-order valence-electron chi connectivity index (χ4n) is 5.65. The monoisotopic (exact) mass is 529 g/mol. The molecule has 200 valence electrons. The number of amides is 1. The molecule has 3 aliphatic carbocycles. The first kappa shape index (κ1) is 30.9. The molecule has 0 radical (unpaired) electrons. The molecule has 4 atom stereocenters. The number of rotatable bonds is 3. The zero-order valence-corrected chi connectivity index (χ0v) is 21.0. The lowest BCUT2D eigenvalue weighted by atomic mass is 9.58. The zero-order valence-electron chi connectivity index (χ0n) is 20.2. The summed E-state index contributed by atoms with van der Waals surface area (Å²) in [5, 5.41) is 43.9. The summed E-state index contributed by atoms with van der Waals surface area (Å²) in [5.74, 6) is -6.53. The van der Waals surface area contributed by atoms with Gasteiger partial charge in [0, 0.05) is 31.3 Å². The number of likely N-dealkylation sites (N-methyl/N-ethyl adjacent to an activating group) is 1. The molecule has 1 aromatic rings. The number of nitrogens with two attached hydrogens (primary N) is 1. The second kappa shape index (κ2) is 10.1. The van der Waals surface area contributed by atoms with Crippen LogP contribution in [0.4, 0.5) is 5.69 Å². The number of allylic oxidation sites excluding steroid dienone is 1. The molecule has 13 heteroatoms. The summed E-state index contributed by atoms with van der Waals surface area (Å²) in [4.78, 5) is 42.0. The van der Waals surface area contributed by atoms with Crippen LogP contribution in [0.25, 0.3) is 0 Å². The Labute approximate surface area is 213 Å². The van der Waals surface area contributed by atoms with Crippen molar-refractivity contribution in [3.05, 3.63) is 45.9 Å². The molecule has 12 nitrogen and oxygen atoms in total. The quantitative estimate of drug-likeness (QED) is 0.300. The number of anilines is 1. The number of hydrogen-bond acceptors (Lipinski definition) is 9. The van der Waals surface area contributed by atoms with Crippen molar-refractivity contribution in [1.29, 1.82) is 0 Å². The van der Waals surface area contributed by atoms with Crippen molar-refractivity contribution in [3.8, 4) is 5.75 Å². The molecule has 0 saturated carbocycles. The van der Waals surface area contributed by atoms with Gasteiger partial charge in [-0.3, -0.25) is 19.3 Å². The van der Waals surface area contributed by atoms with Crippen LogP contribution in [0.2, 0.25) is 0 Å². The van der Waals surface area contributed by atoms with E-state index in [1.54, 1.807) is 39.2 Å². The van der Waals surface area contributed by atoms with E-state index in [1.807, 2.05) is 0 Å². The summed E-state index contributed by atoms with van der Waals surface area (Å²) < 4.78 is 0. The Hall–Kier alpha value is -3.16. The van der Waals surface area contributed by atoms with Gasteiger partial charge in [0.1, 0.15) is 22.8 Å². The van der Waals surface area contributed by atoms with Crippen molar-refractivity contribution < 1.29 is 45.8 Å². The minimum Gasteiger partial charge on any atom is -0.510 e. The largest absolute Gasteiger partial charge is 0.510 e. The van der Waals surface area contributed by atoms with Gasteiger partial charge in [-0.15, -0.1) is 12.4 Å². The van der Waals surface area contributed by atoms with Crippen molar-refractivity contribution in [2.45, 2.75) is 24.5 Å². The van der Waals surface area contributed by atoms with Gasteiger partial charge in [-0.2, -0.15) is 0 Å². The number of Topliss-reactive ketones (excluding diaryl/α,β-unsaturated/α-hetero) is 2. The zero-order chi connectivity index (χ0) is 24.6. The third kappa shape index (κ3) is 3.91. The fourth-order valence-corrected chi connectivity index (χ4v) is 5.65. The van der Waals surface area contributed by atoms with Crippen LogP contribution in [0.1, 0.15) is 22.3 Å². The van der Waals surface area contributed by atoms with Gasteiger partial charge in [-0.1, -0.05) is 0 Å². The van der Waals surface area contributed by atoms with Crippen molar-refractivity contribution in [2.75, 3.05) is 33.1 Å². The van der Waals surface area contributed by atoms with Crippen molar-refractivity contribution in [3.63, 3.8) is 0 Å². The first-order valence-corrected chi connectivity index (χ1v) is 10.5. The Bertz CT molecular complexity index is 1180. The number of aromatic hydroxyl groups is 1. The summed E-state index contributed by atoms with van der Waals surface area (Å²) in [7, 11) is 6.79. The highest BCUT2D eigenvalue weighted by molar-refractivity contribution is 6.24. The summed E-state index contributed by atoms with van der Waals surface area (Å²) in [5.41, 5.74) is 3.02. The molecule has 0 fully saturated rings. The molecule has 4 rings (SSSR count). The van der Waals surface area contributed by atoms with Gasteiger partial charge in [0.05, 0.1) is 11.6 Å². The smallest absolute Gasteiger partial charge is 0.255 e. The number of benzene rings is 1. The van der Waals surface area contributed by atoms with Crippen LogP contribution in [0.15, 0.2) is 34.8 Å². The molecule has 1 aromatic carbocycles. The van der Waals surface area contributed by atoms with Crippen LogP contribution in [-0.4, -0.2) is 93.6 Å². The average molecular weight is 530 g/mol. The summed E-state index contributed by atoms with van der Waals surface area (Å²) in [6.07, 6.45) is 0.324. The topological polar surface area (TPSA) is 228 Å². The molecule has 0 spiro atoms. The molecule has 0 bridgehead atoms. The number of ketones is 2. The maximum atomic E-state index is 13.5. The van der Waals surface area contributed by atoms with Gasteiger partial charge in [-0.05, 0) is 50.6 Å². The number of fused-ring (bicyclic) bond motifs is 3. The van der Waals surface area contributed by atoms with Crippen molar-refractivity contribution >= 4 is 35.6 Å².